The number of methoxy groups -OCH3 is 1. The largest absolute Gasteiger partial charge is 0.383 e. The molecular weight excluding hydrogens is 346 g/mol. The zero-order chi connectivity index (χ0) is 19.6. The van der Waals surface area contributed by atoms with E-state index in [9.17, 15) is 0 Å². The Kier molecular flexibility index (Phi) is 6.41. The fraction of sp³-hybridized carbons (Fsp3) is 0.750. The van der Waals surface area contributed by atoms with Crippen LogP contribution in [0.4, 0.5) is 0 Å². The summed E-state index contributed by atoms with van der Waals surface area (Å²) in [5.74, 6) is 0.574. The van der Waals surface area contributed by atoms with Crippen molar-refractivity contribution in [3.63, 3.8) is 0 Å². The maximum atomic E-state index is 5.37. The van der Waals surface area contributed by atoms with Crippen molar-refractivity contribution in [2.24, 2.45) is 5.41 Å². The number of benzene rings is 1. The first-order chi connectivity index (χ1) is 13.6. The average Bonchev–Trinajstić information content (AvgIpc) is 2.71. The van der Waals surface area contributed by atoms with Crippen LogP contribution >= 0.6 is 0 Å². The Hall–Kier alpha value is -0.940. The van der Waals surface area contributed by atoms with Gasteiger partial charge in [-0.25, -0.2) is 0 Å². The Morgan fingerprint density at radius 2 is 1.89 bits per heavy atom. The van der Waals surface area contributed by atoms with Gasteiger partial charge in [0.1, 0.15) is 0 Å². The molecule has 1 aliphatic carbocycles. The number of piperazine rings is 1. The Labute approximate surface area is 171 Å². The lowest BCUT2D eigenvalue weighted by Crippen LogP contribution is -2.60. The first-order valence-electron chi connectivity index (χ1n) is 11.4. The summed E-state index contributed by atoms with van der Waals surface area (Å²) in [7, 11) is 1.81. The van der Waals surface area contributed by atoms with E-state index < -0.39 is 0 Å². The number of piperidine rings is 1. The summed E-state index contributed by atoms with van der Waals surface area (Å²) < 4.78 is 5.37. The van der Waals surface area contributed by atoms with Gasteiger partial charge in [0.15, 0.2) is 0 Å². The lowest BCUT2D eigenvalue weighted by molar-refractivity contribution is -0.0656. The monoisotopic (exact) mass is 385 g/mol. The number of ether oxygens (including phenoxy) is 1. The molecule has 4 heteroatoms. The van der Waals surface area contributed by atoms with Crippen LogP contribution in [0, 0.1) is 5.41 Å². The highest BCUT2D eigenvalue weighted by Gasteiger charge is 2.49. The van der Waals surface area contributed by atoms with Crippen molar-refractivity contribution in [3.8, 4) is 0 Å². The van der Waals surface area contributed by atoms with Gasteiger partial charge in [0.2, 0.25) is 0 Å². The zero-order valence-electron chi connectivity index (χ0n) is 18.1. The van der Waals surface area contributed by atoms with Crippen molar-refractivity contribution in [1.29, 1.82) is 0 Å². The van der Waals surface area contributed by atoms with Gasteiger partial charge < -0.3 is 10.1 Å². The van der Waals surface area contributed by atoms with E-state index in [1.165, 1.54) is 57.4 Å². The predicted octanol–water partition coefficient (Wildman–Crippen LogP) is 3.65. The van der Waals surface area contributed by atoms with Crippen LogP contribution in [0.2, 0.25) is 0 Å². The van der Waals surface area contributed by atoms with Gasteiger partial charge in [-0.15, -0.1) is 0 Å². The molecule has 2 aliphatic heterocycles. The summed E-state index contributed by atoms with van der Waals surface area (Å²) in [5, 5.41) is 3.55. The highest BCUT2D eigenvalue weighted by molar-refractivity contribution is 5.33. The van der Waals surface area contributed by atoms with Crippen LogP contribution in [-0.4, -0.2) is 68.8 Å². The number of rotatable bonds is 6. The molecule has 1 atom stereocenters. The third-order valence-electron chi connectivity index (χ3n) is 7.57. The minimum Gasteiger partial charge on any atom is -0.383 e. The summed E-state index contributed by atoms with van der Waals surface area (Å²) in [4.78, 5) is 5.48. The Balaban J connectivity index is 1.53. The molecule has 1 unspecified atom stereocenters. The fourth-order valence-corrected chi connectivity index (χ4v) is 5.87. The van der Waals surface area contributed by atoms with Gasteiger partial charge in [-0.2, -0.15) is 0 Å². The number of nitrogens with zero attached hydrogens (tertiary/aromatic N) is 2. The van der Waals surface area contributed by atoms with Gasteiger partial charge in [-0.1, -0.05) is 38.1 Å². The minimum absolute atomic E-state index is 0.522. The summed E-state index contributed by atoms with van der Waals surface area (Å²) in [6.45, 7) is 12.5. The molecule has 1 aromatic carbocycles. The predicted molar refractivity (Wildman–Crippen MR) is 116 cm³/mol. The van der Waals surface area contributed by atoms with Crippen LogP contribution in [0.1, 0.15) is 62.6 Å². The maximum absolute atomic E-state index is 5.37. The minimum atomic E-state index is 0.522. The summed E-state index contributed by atoms with van der Waals surface area (Å²) >= 11 is 0. The molecule has 1 spiro atoms. The molecular formula is C24H39N3O. The molecule has 3 fully saturated rings. The molecule has 2 heterocycles. The average molecular weight is 386 g/mol. The third-order valence-corrected chi connectivity index (χ3v) is 7.57. The maximum Gasteiger partial charge on any atom is 0.0589 e. The molecule has 0 bridgehead atoms. The van der Waals surface area contributed by atoms with Crippen molar-refractivity contribution in [2.75, 3.05) is 53.0 Å². The number of hydrogen-bond acceptors (Lipinski definition) is 4. The van der Waals surface area contributed by atoms with Crippen molar-refractivity contribution in [2.45, 2.75) is 57.5 Å². The van der Waals surface area contributed by atoms with E-state index in [4.69, 9.17) is 4.74 Å². The summed E-state index contributed by atoms with van der Waals surface area (Å²) in [6.07, 6.45) is 5.58. The van der Waals surface area contributed by atoms with Crippen LogP contribution in [0.5, 0.6) is 0 Å². The molecule has 1 saturated carbocycles. The quantitative estimate of drug-likeness (QED) is 0.809. The van der Waals surface area contributed by atoms with E-state index >= 15 is 0 Å². The summed E-state index contributed by atoms with van der Waals surface area (Å²) in [5.41, 5.74) is 3.73. The van der Waals surface area contributed by atoms with Crippen LogP contribution in [0.25, 0.3) is 0 Å². The molecule has 28 heavy (non-hydrogen) atoms. The highest BCUT2D eigenvalue weighted by atomic mass is 16.5. The van der Waals surface area contributed by atoms with Crippen LogP contribution in [-0.2, 0) is 4.74 Å². The molecule has 4 rings (SSSR count). The summed E-state index contributed by atoms with van der Waals surface area (Å²) in [6, 6.07) is 10.5. The first kappa shape index (κ1) is 20.3. The van der Waals surface area contributed by atoms with Gasteiger partial charge in [-0.05, 0) is 61.2 Å². The molecule has 0 amide bonds. The Morgan fingerprint density at radius 3 is 2.61 bits per heavy atom. The van der Waals surface area contributed by atoms with Gasteiger partial charge in [0, 0.05) is 45.4 Å². The fourth-order valence-electron chi connectivity index (χ4n) is 5.87. The second kappa shape index (κ2) is 8.83. The number of hydrogen-bond donors (Lipinski definition) is 1. The van der Waals surface area contributed by atoms with Gasteiger partial charge in [0.05, 0.1) is 6.61 Å². The highest BCUT2D eigenvalue weighted by Crippen LogP contribution is 2.51. The van der Waals surface area contributed by atoms with Crippen molar-refractivity contribution in [1.82, 2.24) is 15.1 Å². The topological polar surface area (TPSA) is 27.7 Å². The van der Waals surface area contributed by atoms with E-state index in [0.29, 0.717) is 17.4 Å². The molecule has 2 saturated heterocycles. The smallest absolute Gasteiger partial charge is 0.0589 e. The lowest BCUT2D eigenvalue weighted by atomic mass is 9.60. The standard InChI is InChI=1S/C24H39N3O/c1-19(2)21-6-4-5-7-22(21)23-18-26(14-15-28-3)12-13-27(23)20-16-24(17-20)8-10-25-11-9-24/h4-7,19-20,23,25H,8-18H2,1-3H3. The van der Waals surface area contributed by atoms with Gasteiger partial charge in [0.25, 0.3) is 0 Å². The molecule has 4 nitrogen and oxygen atoms in total. The third kappa shape index (κ3) is 4.16. The van der Waals surface area contributed by atoms with Gasteiger partial charge in [-0.3, -0.25) is 9.80 Å². The van der Waals surface area contributed by atoms with E-state index in [-0.39, 0.29) is 0 Å². The molecule has 3 aliphatic rings. The zero-order valence-corrected chi connectivity index (χ0v) is 18.1. The van der Waals surface area contributed by atoms with E-state index in [1.807, 2.05) is 7.11 Å². The molecule has 0 aromatic heterocycles. The van der Waals surface area contributed by atoms with E-state index in [0.717, 1.165) is 25.7 Å². The molecule has 1 N–H and O–H groups in total. The van der Waals surface area contributed by atoms with Crippen molar-refractivity contribution < 1.29 is 4.74 Å². The molecule has 1 aromatic rings. The second-order valence-electron chi connectivity index (χ2n) is 9.64. The SMILES string of the molecule is COCCN1CCN(C2CC3(CCNCC3)C2)C(c2ccccc2C(C)C)C1. The Bertz CT molecular complexity index is 632. The van der Waals surface area contributed by atoms with Crippen LogP contribution in [0.15, 0.2) is 24.3 Å². The first-order valence-corrected chi connectivity index (χ1v) is 11.4. The van der Waals surface area contributed by atoms with Crippen LogP contribution in [0.3, 0.4) is 0 Å². The lowest BCUT2D eigenvalue weighted by Gasteiger charge is -2.57. The Morgan fingerprint density at radius 1 is 1.14 bits per heavy atom. The molecule has 156 valence electrons. The molecule has 0 radical (unpaired) electrons. The van der Waals surface area contributed by atoms with Crippen molar-refractivity contribution >= 4 is 0 Å². The van der Waals surface area contributed by atoms with Crippen molar-refractivity contribution in [3.05, 3.63) is 35.4 Å². The van der Waals surface area contributed by atoms with E-state index in [1.54, 1.807) is 5.56 Å². The van der Waals surface area contributed by atoms with E-state index in [2.05, 4.69) is 53.2 Å². The van der Waals surface area contributed by atoms with Crippen LogP contribution < -0.4 is 5.32 Å². The normalized spacial score (nSPS) is 26.6. The number of nitrogens with one attached hydrogen (secondary N) is 1. The van der Waals surface area contributed by atoms with Gasteiger partial charge >= 0.3 is 0 Å². The second-order valence-corrected chi connectivity index (χ2v) is 9.64.